The quantitative estimate of drug-likeness (QED) is 0.779. The van der Waals surface area contributed by atoms with Crippen LogP contribution in [-0.4, -0.2) is 31.1 Å². The van der Waals surface area contributed by atoms with Gasteiger partial charge in [0.1, 0.15) is 0 Å². The third kappa shape index (κ3) is 3.03. The van der Waals surface area contributed by atoms with Gasteiger partial charge in [0.2, 0.25) is 0 Å². The minimum absolute atomic E-state index is 0. The zero-order valence-electron chi connectivity index (χ0n) is 7.53. The van der Waals surface area contributed by atoms with E-state index < -0.39 is 0 Å². The Bertz CT molecular complexity index is 220. The molecule has 74 valence electrons. The molecule has 1 aromatic rings. The Labute approximate surface area is 84.5 Å². The van der Waals surface area contributed by atoms with Crippen LogP contribution in [0.15, 0.2) is 23.0 Å². The van der Waals surface area contributed by atoms with E-state index in [4.69, 9.17) is 4.42 Å². The number of piperazine rings is 1. The van der Waals surface area contributed by atoms with Crippen LogP contribution < -0.4 is 5.32 Å². The third-order valence-electron chi connectivity index (χ3n) is 2.20. The maximum absolute atomic E-state index is 5.01. The molecule has 0 unspecified atom stereocenters. The molecule has 1 fully saturated rings. The molecule has 0 aliphatic carbocycles. The second kappa shape index (κ2) is 5.27. The van der Waals surface area contributed by atoms with Gasteiger partial charge in [-0.15, -0.1) is 12.4 Å². The van der Waals surface area contributed by atoms with Crippen LogP contribution >= 0.6 is 12.4 Å². The summed E-state index contributed by atoms with van der Waals surface area (Å²) in [6.45, 7) is 5.53. The van der Waals surface area contributed by atoms with E-state index in [9.17, 15) is 0 Å². The average molecular weight is 203 g/mol. The van der Waals surface area contributed by atoms with Gasteiger partial charge in [-0.1, -0.05) is 0 Å². The van der Waals surface area contributed by atoms with E-state index in [2.05, 4.69) is 10.2 Å². The van der Waals surface area contributed by atoms with Crippen molar-refractivity contribution in [1.82, 2.24) is 10.2 Å². The second-order valence-electron chi connectivity index (χ2n) is 3.16. The molecule has 0 spiro atoms. The fourth-order valence-electron chi connectivity index (χ4n) is 1.51. The minimum Gasteiger partial charge on any atom is -0.472 e. The molecule has 3 nitrogen and oxygen atoms in total. The van der Waals surface area contributed by atoms with Crippen LogP contribution in [0.2, 0.25) is 0 Å². The molecule has 1 saturated heterocycles. The summed E-state index contributed by atoms with van der Waals surface area (Å²) >= 11 is 0. The Morgan fingerprint density at radius 1 is 1.38 bits per heavy atom. The van der Waals surface area contributed by atoms with Gasteiger partial charge in [0.05, 0.1) is 12.5 Å². The first-order valence-electron chi connectivity index (χ1n) is 4.39. The SMILES string of the molecule is Cl.c1cc(CN2CCNCC2)co1. The van der Waals surface area contributed by atoms with Crippen LogP contribution in [-0.2, 0) is 6.54 Å². The van der Waals surface area contributed by atoms with Crippen LogP contribution in [0.3, 0.4) is 0 Å². The van der Waals surface area contributed by atoms with Crippen molar-refractivity contribution >= 4 is 12.4 Å². The highest BCUT2D eigenvalue weighted by atomic mass is 35.5. The molecule has 1 N–H and O–H groups in total. The number of hydrogen-bond acceptors (Lipinski definition) is 3. The topological polar surface area (TPSA) is 28.4 Å². The molecule has 0 saturated carbocycles. The summed E-state index contributed by atoms with van der Waals surface area (Å²) in [4.78, 5) is 2.43. The van der Waals surface area contributed by atoms with Gasteiger partial charge in [0, 0.05) is 38.3 Å². The Kier molecular flexibility index (Phi) is 4.28. The van der Waals surface area contributed by atoms with Crippen molar-refractivity contribution in [3.8, 4) is 0 Å². The monoisotopic (exact) mass is 202 g/mol. The summed E-state index contributed by atoms with van der Waals surface area (Å²) in [5, 5.41) is 3.33. The second-order valence-corrected chi connectivity index (χ2v) is 3.16. The molecule has 0 bridgehead atoms. The Morgan fingerprint density at radius 2 is 2.15 bits per heavy atom. The lowest BCUT2D eigenvalue weighted by atomic mass is 10.3. The van der Waals surface area contributed by atoms with E-state index in [0.29, 0.717) is 0 Å². The van der Waals surface area contributed by atoms with E-state index in [0.717, 1.165) is 32.7 Å². The smallest absolute Gasteiger partial charge is 0.0947 e. The van der Waals surface area contributed by atoms with Crippen molar-refractivity contribution in [2.75, 3.05) is 26.2 Å². The van der Waals surface area contributed by atoms with Crippen LogP contribution in [0.4, 0.5) is 0 Å². The van der Waals surface area contributed by atoms with Gasteiger partial charge in [-0.05, 0) is 6.07 Å². The van der Waals surface area contributed by atoms with Crippen LogP contribution in [0.5, 0.6) is 0 Å². The van der Waals surface area contributed by atoms with E-state index in [1.165, 1.54) is 5.56 Å². The lowest BCUT2D eigenvalue weighted by Gasteiger charge is -2.26. The largest absolute Gasteiger partial charge is 0.472 e. The molecule has 1 aliphatic rings. The summed E-state index contributed by atoms with van der Waals surface area (Å²) in [7, 11) is 0. The molecule has 1 aliphatic heterocycles. The molecule has 0 aromatic carbocycles. The van der Waals surface area contributed by atoms with Crippen LogP contribution in [0.25, 0.3) is 0 Å². The first kappa shape index (κ1) is 10.6. The van der Waals surface area contributed by atoms with Crippen molar-refractivity contribution in [2.45, 2.75) is 6.54 Å². The number of hydrogen-bond donors (Lipinski definition) is 1. The third-order valence-corrected chi connectivity index (χ3v) is 2.20. The number of rotatable bonds is 2. The van der Waals surface area contributed by atoms with Crippen molar-refractivity contribution in [3.63, 3.8) is 0 Å². The van der Waals surface area contributed by atoms with Gasteiger partial charge in [0.15, 0.2) is 0 Å². The fraction of sp³-hybridized carbons (Fsp3) is 0.556. The number of nitrogens with zero attached hydrogens (tertiary/aromatic N) is 1. The first-order chi connectivity index (χ1) is 5.95. The standard InChI is InChI=1S/C9H14N2O.ClH/c1-6-12-8-9(1)7-11-4-2-10-3-5-11;/h1,6,8,10H,2-5,7H2;1H. The molecule has 2 rings (SSSR count). The Hall–Kier alpha value is -0.510. The average Bonchev–Trinajstić information content (AvgIpc) is 2.59. The zero-order chi connectivity index (χ0) is 8.23. The summed E-state index contributed by atoms with van der Waals surface area (Å²) in [5.74, 6) is 0. The van der Waals surface area contributed by atoms with Gasteiger partial charge in [-0.2, -0.15) is 0 Å². The lowest BCUT2D eigenvalue weighted by molar-refractivity contribution is 0.232. The molecular formula is C9H15ClN2O. The minimum atomic E-state index is 0. The van der Waals surface area contributed by atoms with E-state index >= 15 is 0 Å². The van der Waals surface area contributed by atoms with E-state index in [-0.39, 0.29) is 12.4 Å². The Balaban J connectivity index is 0.000000845. The molecule has 2 heterocycles. The lowest BCUT2D eigenvalue weighted by Crippen LogP contribution is -2.42. The van der Waals surface area contributed by atoms with Crippen molar-refractivity contribution in [1.29, 1.82) is 0 Å². The first-order valence-corrected chi connectivity index (χ1v) is 4.39. The number of nitrogens with one attached hydrogen (secondary N) is 1. The summed E-state index contributed by atoms with van der Waals surface area (Å²) in [6.07, 6.45) is 3.56. The van der Waals surface area contributed by atoms with Gasteiger partial charge in [0.25, 0.3) is 0 Å². The molecule has 0 amide bonds. The fourth-order valence-corrected chi connectivity index (χ4v) is 1.51. The predicted octanol–water partition coefficient (Wildman–Crippen LogP) is 1.11. The summed E-state index contributed by atoms with van der Waals surface area (Å²) in [6, 6.07) is 2.03. The van der Waals surface area contributed by atoms with Gasteiger partial charge in [-0.25, -0.2) is 0 Å². The summed E-state index contributed by atoms with van der Waals surface area (Å²) in [5.41, 5.74) is 1.27. The molecular weight excluding hydrogens is 188 g/mol. The Morgan fingerprint density at radius 3 is 2.77 bits per heavy atom. The highest BCUT2D eigenvalue weighted by Crippen LogP contribution is 2.05. The van der Waals surface area contributed by atoms with E-state index in [1.54, 1.807) is 6.26 Å². The molecule has 1 aromatic heterocycles. The van der Waals surface area contributed by atoms with Gasteiger partial charge < -0.3 is 9.73 Å². The predicted molar refractivity (Wildman–Crippen MR) is 54.1 cm³/mol. The van der Waals surface area contributed by atoms with Gasteiger partial charge in [-0.3, -0.25) is 4.90 Å². The molecule has 0 radical (unpaired) electrons. The molecule has 0 atom stereocenters. The zero-order valence-corrected chi connectivity index (χ0v) is 8.35. The van der Waals surface area contributed by atoms with Gasteiger partial charge >= 0.3 is 0 Å². The maximum atomic E-state index is 5.01. The van der Waals surface area contributed by atoms with Crippen molar-refractivity contribution in [3.05, 3.63) is 24.2 Å². The highest BCUT2D eigenvalue weighted by molar-refractivity contribution is 5.85. The molecule has 13 heavy (non-hydrogen) atoms. The van der Waals surface area contributed by atoms with Crippen LogP contribution in [0.1, 0.15) is 5.56 Å². The highest BCUT2D eigenvalue weighted by Gasteiger charge is 2.09. The maximum Gasteiger partial charge on any atom is 0.0947 e. The number of furan rings is 1. The van der Waals surface area contributed by atoms with Crippen molar-refractivity contribution < 1.29 is 4.42 Å². The van der Waals surface area contributed by atoms with Crippen LogP contribution in [0, 0.1) is 0 Å². The normalized spacial score (nSPS) is 18.2. The van der Waals surface area contributed by atoms with Crippen molar-refractivity contribution in [2.24, 2.45) is 0 Å². The van der Waals surface area contributed by atoms with E-state index in [1.807, 2.05) is 12.3 Å². The molecule has 4 heteroatoms. The number of halogens is 1. The summed E-state index contributed by atoms with van der Waals surface area (Å²) < 4.78 is 5.01.